The number of esters is 1. The van der Waals surface area contributed by atoms with Crippen LogP contribution < -0.4 is 5.32 Å². The summed E-state index contributed by atoms with van der Waals surface area (Å²) in [6, 6.07) is 14.6. The number of carbonyl (C=O) groups is 1. The van der Waals surface area contributed by atoms with Crippen LogP contribution in [0.4, 0.5) is 0 Å². The van der Waals surface area contributed by atoms with Crippen LogP contribution in [0, 0.1) is 0 Å². The van der Waals surface area contributed by atoms with Gasteiger partial charge in [-0.15, -0.1) is 0 Å². The van der Waals surface area contributed by atoms with E-state index in [4.69, 9.17) is 4.74 Å². The molecule has 106 valence electrons. The molecule has 0 heterocycles. The van der Waals surface area contributed by atoms with Gasteiger partial charge in [0.05, 0.1) is 13.5 Å². The molecule has 0 aliphatic carbocycles. The molecule has 2 rings (SSSR count). The lowest BCUT2D eigenvalue weighted by Gasteiger charge is -2.18. The van der Waals surface area contributed by atoms with E-state index >= 15 is 0 Å². The molecule has 1 N–H and O–H groups in total. The smallest absolute Gasteiger partial charge is 0.307 e. The standard InChI is InChI=1S/C17H21NO2/c1-3-10-18-16(12-17(19)20-2)15-9-8-13-6-4-5-7-14(13)11-15/h4-9,11,16,18H,3,10,12H2,1-2H3. The van der Waals surface area contributed by atoms with E-state index in [-0.39, 0.29) is 12.0 Å². The Bertz CT molecular complexity index is 580. The van der Waals surface area contributed by atoms with Gasteiger partial charge in [0.25, 0.3) is 0 Å². The van der Waals surface area contributed by atoms with Gasteiger partial charge >= 0.3 is 5.97 Å². The first-order valence-corrected chi connectivity index (χ1v) is 7.03. The molecule has 0 bridgehead atoms. The molecule has 0 aliphatic heterocycles. The highest BCUT2D eigenvalue weighted by Gasteiger charge is 2.15. The number of hydrogen-bond acceptors (Lipinski definition) is 3. The highest BCUT2D eigenvalue weighted by Crippen LogP contribution is 2.23. The molecule has 3 heteroatoms. The molecule has 0 saturated carbocycles. The molecule has 0 amide bonds. The fourth-order valence-corrected chi connectivity index (χ4v) is 2.30. The molecule has 0 fully saturated rings. The second-order valence-corrected chi connectivity index (χ2v) is 4.89. The van der Waals surface area contributed by atoms with Crippen molar-refractivity contribution in [3.05, 3.63) is 48.0 Å². The van der Waals surface area contributed by atoms with Gasteiger partial charge in [0, 0.05) is 6.04 Å². The summed E-state index contributed by atoms with van der Waals surface area (Å²) in [4.78, 5) is 11.6. The van der Waals surface area contributed by atoms with E-state index in [2.05, 4.69) is 42.6 Å². The Morgan fingerprint density at radius 3 is 2.65 bits per heavy atom. The molecule has 3 nitrogen and oxygen atoms in total. The minimum Gasteiger partial charge on any atom is -0.469 e. The first kappa shape index (κ1) is 14.5. The molecule has 0 radical (unpaired) electrons. The van der Waals surface area contributed by atoms with Crippen LogP contribution in [0.15, 0.2) is 42.5 Å². The maximum absolute atomic E-state index is 11.6. The molecule has 1 unspecified atom stereocenters. The van der Waals surface area contributed by atoms with Crippen molar-refractivity contribution in [1.82, 2.24) is 5.32 Å². The van der Waals surface area contributed by atoms with E-state index < -0.39 is 0 Å². The Morgan fingerprint density at radius 2 is 1.95 bits per heavy atom. The minimum atomic E-state index is -0.188. The molecule has 0 aromatic heterocycles. The van der Waals surface area contributed by atoms with E-state index in [1.54, 1.807) is 0 Å². The third-order valence-corrected chi connectivity index (χ3v) is 3.42. The van der Waals surface area contributed by atoms with E-state index in [1.807, 2.05) is 12.1 Å². The first-order valence-electron chi connectivity index (χ1n) is 7.03. The van der Waals surface area contributed by atoms with Crippen LogP contribution >= 0.6 is 0 Å². The Kier molecular flexibility index (Phi) is 5.13. The summed E-state index contributed by atoms with van der Waals surface area (Å²) in [5.74, 6) is -0.188. The van der Waals surface area contributed by atoms with Crippen molar-refractivity contribution in [1.29, 1.82) is 0 Å². The number of hydrogen-bond donors (Lipinski definition) is 1. The van der Waals surface area contributed by atoms with Crippen molar-refractivity contribution in [2.24, 2.45) is 0 Å². The second kappa shape index (κ2) is 7.06. The Labute approximate surface area is 119 Å². The number of rotatable bonds is 6. The quantitative estimate of drug-likeness (QED) is 0.818. The van der Waals surface area contributed by atoms with Crippen molar-refractivity contribution in [2.75, 3.05) is 13.7 Å². The molecule has 0 spiro atoms. The highest BCUT2D eigenvalue weighted by atomic mass is 16.5. The van der Waals surface area contributed by atoms with Gasteiger partial charge in [-0.2, -0.15) is 0 Å². The Morgan fingerprint density at radius 1 is 1.20 bits per heavy atom. The van der Waals surface area contributed by atoms with E-state index in [0.717, 1.165) is 18.5 Å². The number of benzene rings is 2. The van der Waals surface area contributed by atoms with E-state index in [0.29, 0.717) is 6.42 Å². The molecule has 2 aromatic carbocycles. The first-order chi connectivity index (χ1) is 9.74. The van der Waals surface area contributed by atoms with Crippen molar-refractivity contribution in [3.8, 4) is 0 Å². The van der Waals surface area contributed by atoms with E-state index in [1.165, 1.54) is 17.9 Å². The summed E-state index contributed by atoms with van der Waals surface area (Å²) in [7, 11) is 1.43. The van der Waals surface area contributed by atoms with Crippen molar-refractivity contribution in [2.45, 2.75) is 25.8 Å². The van der Waals surface area contributed by atoms with Crippen molar-refractivity contribution >= 4 is 16.7 Å². The SMILES string of the molecule is CCCNC(CC(=O)OC)c1ccc2ccccc2c1. The number of fused-ring (bicyclic) bond motifs is 1. The predicted octanol–water partition coefficient (Wildman–Crippen LogP) is 3.44. The van der Waals surface area contributed by atoms with Crippen LogP contribution in [0.2, 0.25) is 0 Å². The van der Waals surface area contributed by atoms with Crippen LogP contribution in [-0.4, -0.2) is 19.6 Å². The average molecular weight is 271 g/mol. The van der Waals surface area contributed by atoms with Gasteiger partial charge in [-0.25, -0.2) is 0 Å². The van der Waals surface area contributed by atoms with Crippen LogP contribution in [-0.2, 0) is 9.53 Å². The lowest BCUT2D eigenvalue weighted by Crippen LogP contribution is -2.25. The van der Waals surface area contributed by atoms with Gasteiger partial charge in [-0.1, -0.05) is 43.3 Å². The zero-order valence-corrected chi connectivity index (χ0v) is 12.1. The monoisotopic (exact) mass is 271 g/mol. The summed E-state index contributed by atoms with van der Waals surface area (Å²) < 4.78 is 4.79. The molecule has 20 heavy (non-hydrogen) atoms. The van der Waals surface area contributed by atoms with Gasteiger partial charge in [0.15, 0.2) is 0 Å². The third-order valence-electron chi connectivity index (χ3n) is 3.42. The van der Waals surface area contributed by atoms with Crippen molar-refractivity contribution < 1.29 is 9.53 Å². The highest BCUT2D eigenvalue weighted by molar-refractivity contribution is 5.83. The van der Waals surface area contributed by atoms with Gasteiger partial charge in [0.2, 0.25) is 0 Å². The van der Waals surface area contributed by atoms with Gasteiger partial charge in [-0.05, 0) is 35.4 Å². The summed E-state index contributed by atoms with van der Waals surface area (Å²) >= 11 is 0. The summed E-state index contributed by atoms with van der Waals surface area (Å²) in [5.41, 5.74) is 1.13. The van der Waals surface area contributed by atoms with Crippen LogP contribution in [0.1, 0.15) is 31.4 Å². The molecular weight excluding hydrogens is 250 g/mol. The summed E-state index contributed by atoms with van der Waals surface area (Å²) in [6.07, 6.45) is 1.39. The number of ether oxygens (including phenoxy) is 1. The second-order valence-electron chi connectivity index (χ2n) is 4.89. The zero-order chi connectivity index (χ0) is 14.4. The molecule has 1 atom stereocenters. The van der Waals surface area contributed by atoms with Crippen LogP contribution in [0.3, 0.4) is 0 Å². The van der Waals surface area contributed by atoms with Gasteiger partial charge in [-0.3, -0.25) is 4.79 Å². The Balaban J connectivity index is 2.26. The fraction of sp³-hybridized carbons (Fsp3) is 0.353. The lowest BCUT2D eigenvalue weighted by atomic mass is 9.99. The number of methoxy groups -OCH3 is 1. The largest absolute Gasteiger partial charge is 0.469 e. The third kappa shape index (κ3) is 3.58. The summed E-state index contributed by atoms with van der Waals surface area (Å²) in [5, 5.41) is 5.82. The molecule has 2 aromatic rings. The van der Waals surface area contributed by atoms with Crippen molar-refractivity contribution in [3.63, 3.8) is 0 Å². The number of carbonyl (C=O) groups excluding carboxylic acids is 1. The molecule has 0 saturated heterocycles. The maximum Gasteiger partial charge on any atom is 0.307 e. The topological polar surface area (TPSA) is 38.3 Å². The van der Waals surface area contributed by atoms with E-state index in [9.17, 15) is 4.79 Å². The predicted molar refractivity (Wildman–Crippen MR) is 81.6 cm³/mol. The molecule has 0 aliphatic rings. The van der Waals surface area contributed by atoms with Crippen LogP contribution in [0.5, 0.6) is 0 Å². The summed E-state index contributed by atoms with van der Waals surface area (Å²) in [6.45, 7) is 3.00. The van der Waals surface area contributed by atoms with Gasteiger partial charge < -0.3 is 10.1 Å². The molecular formula is C17H21NO2. The van der Waals surface area contributed by atoms with Crippen LogP contribution in [0.25, 0.3) is 10.8 Å². The zero-order valence-electron chi connectivity index (χ0n) is 12.1. The average Bonchev–Trinajstić information content (AvgIpc) is 2.50. The Hall–Kier alpha value is -1.87. The minimum absolute atomic E-state index is 0.00649. The number of nitrogens with one attached hydrogen (secondary N) is 1. The van der Waals surface area contributed by atoms with Gasteiger partial charge in [0.1, 0.15) is 0 Å². The maximum atomic E-state index is 11.6. The normalized spacial score (nSPS) is 12.3. The fourth-order valence-electron chi connectivity index (χ4n) is 2.30. The lowest BCUT2D eigenvalue weighted by molar-refractivity contribution is -0.141.